The Morgan fingerprint density at radius 1 is 0.464 bits per heavy atom. The van der Waals surface area contributed by atoms with Gasteiger partial charge in [0.2, 0.25) is 5.91 Å². The molecule has 6 N–H and O–H groups in total. The molecular formula is C73H133NO10. The normalized spacial score (nSPS) is 18.8. The third-order valence-electron chi connectivity index (χ3n) is 16.6. The van der Waals surface area contributed by atoms with Crippen molar-refractivity contribution >= 4 is 11.9 Å². The molecule has 84 heavy (non-hydrogen) atoms. The van der Waals surface area contributed by atoms with E-state index in [1.54, 1.807) is 6.08 Å². The molecule has 0 aliphatic carbocycles. The average molecular weight is 1180 g/mol. The minimum Gasteiger partial charge on any atom is -0.454 e. The smallest absolute Gasteiger partial charge is 0.306 e. The molecule has 0 saturated carbocycles. The van der Waals surface area contributed by atoms with Crippen LogP contribution in [-0.4, -0.2) is 99.6 Å². The van der Waals surface area contributed by atoms with Gasteiger partial charge in [-0.05, 0) is 89.9 Å². The van der Waals surface area contributed by atoms with Crippen LogP contribution < -0.4 is 5.32 Å². The van der Waals surface area contributed by atoms with E-state index in [1.807, 2.05) is 6.08 Å². The molecule has 0 aromatic heterocycles. The number of nitrogens with one attached hydrogen (secondary N) is 1. The van der Waals surface area contributed by atoms with Crippen molar-refractivity contribution in [1.82, 2.24) is 5.32 Å². The topological polar surface area (TPSA) is 175 Å². The highest BCUT2D eigenvalue weighted by atomic mass is 16.7. The number of esters is 1. The fourth-order valence-electron chi connectivity index (χ4n) is 11.0. The largest absolute Gasteiger partial charge is 0.454 e. The van der Waals surface area contributed by atoms with Gasteiger partial charge >= 0.3 is 5.97 Å². The molecule has 1 rings (SSSR count). The van der Waals surface area contributed by atoms with E-state index in [1.165, 1.54) is 199 Å². The third-order valence-corrected chi connectivity index (χ3v) is 16.6. The summed E-state index contributed by atoms with van der Waals surface area (Å²) in [7, 11) is 0. The fraction of sp³-hybridized carbons (Fsp3) is 0.836. The Labute approximate surface area is 516 Å². The molecule has 8 atom stereocenters. The molecule has 1 saturated heterocycles. The molecule has 11 heteroatoms. The van der Waals surface area contributed by atoms with Crippen LogP contribution in [0.1, 0.15) is 329 Å². The van der Waals surface area contributed by atoms with Crippen LogP contribution in [-0.2, 0) is 23.8 Å². The minimum absolute atomic E-state index is 0.0981. The Morgan fingerprint density at radius 3 is 1.26 bits per heavy atom. The number of hydrogen-bond donors (Lipinski definition) is 6. The number of amides is 1. The van der Waals surface area contributed by atoms with Crippen LogP contribution in [0.2, 0.25) is 0 Å². The number of carbonyl (C=O) groups excluding carboxylic acids is 2. The molecule has 1 aliphatic rings. The Bertz CT molecular complexity index is 1600. The lowest BCUT2D eigenvalue weighted by atomic mass is 9.99. The van der Waals surface area contributed by atoms with E-state index in [0.29, 0.717) is 19.3 Å². The summed E-state index contributed by atoms with van der Waals surface area (Å²) in [6, 6.07) is -1.03. The van der Waals surface area contributed by atoms with Gasteiger partial charge in [0.15, 0.2) is 12.4 Å². The summed E-state index contributed by atoms with van der Waals surface area (Å²) in [5.74, 6) is -1.21. The van der Waals surface area contributed by atoms with Crippen LogP contribution in [0.3, 0.4) is 0 Å². The van der Waals surface area contributed by atoms with Crippen molar-refractivity contribution in [1.29, 1.82) is 0 Å². The van der Waals surface area contributed by atoms with Crippen molar-refractivity contribution < 1.29 is 49.3 Å². The van der Waals surface area contributed by atoms with Gasteiger partial charge in [0.05, 0.1) is 25.4 Å². The standard InChI is InChI=1S/C73H133NO10/c1-4-7-10-13-16-19-22-25-27-29-30-31-32-33-34-35-36-37-39-40-42-45-48-51-54-57-60-66(77)72(81)74-64(65(76)59-56-53-50-47-44-24-21-18-15-12-9-6-3)63-82-73-71(70(80)69(79)67(62-75)83-73)84-68(78)61-58-55-52-49-46-43-41-38-28-26-23-20-17-14-11-8-5-2/h17,20,25-28,41,43,56,59,64-67,69-71,73,75-77,79-80H,4-16,18-19,21-24,29-40,42,44-55,57-58,60-63H2,1-3H3,(H,74,81)/b20-17-,27-25+,28-26-,43-41-,59-56+. The number of aliphatic hydroxyl groups is 5. The predicted molar refractivity (Wildman–Crippen MR) is 352 cm³/mol. The molecule has 0 bridgehead atoms. The summed E-state index contributed by atoms with van der Waals surface area (Å²) >= 11 is 0. The van der Waals surface area contributed by atoms with Gasteiger partial charge in [0.1, 0.15) is 24.4 Å². The predicted octanol–water partition coefficient (Wildman–Crippen LogP) is 18.1. The molecule has 0 radical (unpaired) electrons. The van der Waals surface area contributed by atoms with Crippen LogP contribution in [0.25, 0.3) is 0 Å². The molecule has 490 valence electrons. The van der Waals surface area contributed by atoms with Gasteiger partial charge in [0.25, 0.3) is 0 Å². The SMILES string of the molecule is CCCCC/C=C\C/C=C\C/C=C\CCCCCCC(=O)OC1C(OCC(NC(=O)C(O)CCCCCCCCCCCCCCCCCC/C=C/CCCCCCCC)C(O)/C=C/CCCCCCCCCCCC)OC(CO)C(O)C1O. The van der Waals surface area contributed by atoms with E-state index >= 15 is 0 Å². The van der Waals surface area contributed by atoms with Gasteiger partial charge in [-0.2, -0.15) is 0 Å². The lowest BCUT2D eigenvalue weighted by Gasteiger charge is -2.41. The van der Waals surface area contributed by atoms with Crippen molar-refractivity contribution in [2.75, 3.05) is 13.2 Å². The quantitative estimate of drug-likeness (QED) is 0.0195. The van der Waals surface area contributed by atoms with Crippen LogP contribution in [0.15, 0.2) is 60.8 Å². The van der Waals surface area contributed by atoms with Gasteiger partial charge in [-0.25, -0.2) is 0 Å². The van der Waals surface area contributed by atoms with Crippen molar-refractivity contribution in [3.63, 3.8) is 0 Å². The summed E-state index contributed by atoms with van der Waals surface area (Å²) < 4.78 is 17.7. The van der Waals surface area contributed by atoms with Crippen LogP contribution >= 0.6 is 0 Å². The zero-order valence-electron chi connectivity index (χ0n) is 54.5. The second-order valence-corrected chi connectivity index (χ2v) is 24.6. The van der Waals surface area contributed by atoms with Crippen LogP contribution in [0.5, 0.6) is 0 Å². The van der Waals surface area contributed by atoms with Crippen LogP contribution in [0.4, 0.5) is 0 Å². The van der Waals surface area contributed by atoms with Crippen molar-refractivity contribution in [2.24, 2.45) is 0 Å². The first-order chi connectivity index (χ1) is 41.2. The number of carbonyl (C=O) groups is 2. The molecule has 0 spiro atoms. The summed E-state index contributed by atoms with van der Waals surface area (Å²) in [5, 5.41) is 57.2. The molecule has 1 aliphatic heterocycles. The lowest BCUT2D eigenvalue weighted by Crippen LogP contribution is -2.61. The van der Waals surface area contributed by atoms with Gasteiger partial charge < -0.3 is 45.1 Å². The number of aliphatic hydroxyl groups excluding tert-OH is 5. The number of rotatable bonds is 61. The molecule has 0 aromatic carbocycles. The molecular weight excluding hydrogens is 1050 g/mol. The van der Waals surface area contributed by atoms with Crippen molar-refractivity contribution in [3.05, 3.63) is 60.8 Å². The lowest BCUT2D eigenvalue weighted by molar-refractivity contribution is -0.305. The first kappa shape index (κ1) is 79.4. The molecule has 8 unspecified atom stereocenters. The maximum absolute atomic E-state index is 13.5. The zero-order valence-corrected chi connectivity index (χ0v) is 54.5. The van der Waals surface area contributed by atoms with E-state index in [2.05, 4.69) is 74.7 Å². The van der Waals surface area contributed by atoms with Gasteiger partial charge in [0, 0.05) is 6.42 Å². The molecule has 0 aromatic rings. The summed E-state index contributed by atoms with van der Waals surface area (Å²) in [5.41, 5.74) is 0. The first-order valence-corrected chi connectivity index (χ1v) is 35.6. The summed E-state index contributed by atoms with van der Waals surface area (Å²) in [4.78, 5) is 26.6. The highest BCUT2D eigenvalue weighted by molar-refractivity contribution is 5.80. The number of unbranched alkanes of at least 4 members (excludes halogenated alkanes) is 39. The molecule has 1 heterocycles. The Balaban J connectivity index is 2.56. The van der Waals surface area contributed by atoms with Crippen molar-refractivity contribution in [2.45, 2.75) is 378 Å². The fourth-order valence-corrected chi connectivity index (χ4v) is 11.0. The van der Waals surface area contributed by atoms with E-state index in [0.717, 1.165) is 83.5 Å². The molecule has 1 fully saturated rings. The summed E-state index contributed by atoms with van der Waals surface area (Å²) in [6.45, 7) is 5.78. The van der Waals surface area contributed by atoms with Gasteiger partial charge in [-0.1, -0.05) is 293 Å². The third kappa shape index (κ3) is 47.4. The number of hydrogen-bond acceptors (Lipinski definition) is 10. The second-order valence-electron chi connectivity index (χ2n) is 24.6. The molecule has 1 amide bonds. The highest BCUT2D eigenvalue weighted by Crippen LogP contribution is 2.26. The molecule has 11 nitrogen and oxygen atoms in total. The Kier molecular flexibility index (Phi) is 57.3. The minimum atomic E-state index is -1.62. The zero-order chi connectivity index (χ0) is 61.0. The Morgan fingerprint density at radius 2 is 0.821 bits per heavy atom. The van der Waals surface area contributed by atoms with Gasteiger partial charge in [-0.15, -0.1) is 0 Å². The number of allylic oxidation sites excluding steroid dienone is 9. The average Bonchev–Trinajstić information content (AvgIpc) is 3.69. The highest BCUT2D eigenvalue weighted by Gasteiger charge is 2.47. The van der Waals surface area contributed by atoms with E-state index < -0.39 is 67.4 Å². The van der Waals surface area contributed by atoms with E-state index in [4.69, 9.17) is 14.2 Å². The van der Waals surface area contributed by atoms with Crippen molar-refractivity contribution in [3.8, 4) is 0 Å². The summed E-state index contributed by atoms with van der Waals surface area (Å²) in [6.07, 6.45) is 67.0. The maximum atomic E-state index is 13.5. The van der Waals surface area contributed by atoms with Gasteiger partial charge in [-0.3, -0.25) is 9.59 Å². The number of ether oxygens (including phenoxy) is 3. The van der Waals surface area contributed by atoms with E-state index in [-0.39, 0.29) is 13.0 Å². The Hall–Kier alpha value is -2.64. The second kappa shape index (κ2) is 60.6. The first-order valence-electron chi connectivity index (χ1n) is 35.6. The van der Waals surface area contributed by atoms with Crippen LogP contribution in [0, 0.1) is 0 Å². The van der Waals surface area contributed by atoms with E-state index in [9.17, 15) is 35.1 Å². The monoisotopic (exact) mass is 1180 g/mol. The maximum Gasteiger partial charge on any atom is 0.306 e.